The number of nitrogens with zero attached hydrogens (tertiary/aromatic N) is 4. The van der Waals surface area contributed by atoms with Crippen molar-refractivity contribution in [3.63, 3.8) is 0 Å². The van der Waals surface area contributed by atoms with Gasteiger partial charge in [-0.2, -0.15) is 5.10 Å². The van der Waals surface area contributed by atoms with Crippen LogP contribution >= 0.6 is 11.6 Å². The molecule has 0 saturated carbocycles. The molecule has 7 nitrogen and oxygen atoms in total. The summed E-state index contributed by atoms with van der Waals surface area (Å²) in [5.74, 6) is 0. The standard InChI is InChI=1S/C15H20ClN5O2/c1-3-21-12(4-5-18-21)10-20(6-7-22)15(23)19-14-9-17-8-13(16)11(14)2/h4-5,8-9,22H,3,6-7,10H2,1-2H3,(H,19,23). The van der Waals surface area contributed by atoms with E-state index >= 15 is 0 Å². The number of anilines is 1. The quantitative estimate of drug-likeness (QED) is 0.847. The second kappa shape index (κ2) is 7.94. The number of halogens is 1. The molecular weight excluding hydrogens is 318 g/mol. The van der Waals surface area contributed by atoms with Gasteiger partial charge in [0.05, 0.1) is 35.8 Å². The SMILES string of the molecule is CCn1nccc1CN(CCO)C(=O)Nc1cncc(Cl)c1C. The second-order valence-corrected chi connectivity index (χ2v) is 5.41. The lowest BCUT2D eigenvalue weighted by Crippen LogP contribution is -2.37. The Morgan fingerprint density at radius 3 is 2.96 bits per heavy atom. The molecule has 0 aromatic carbocycles. The van der Waals surface area contributed by atoms with Crippen molar-refractivity contribution in [2.45, 2.75) is 26.9 Å². The van der Waals surface area contributed by atoms with Gasteiger partial charge in [0, 0.05) is 25.5 Å². The van der Waals surface area contributed by atoms with Crippen LogP contribution in [0.1, 0.15) is 18.2 Å². The predicted octanol–water partition coefficient (Wildman–Crippen LogP) is 2.29. The Labute approximate surface area is 139 Å². The van der Waals surface area contributed by atoms with E-state index in [1.807, 2.05) is 24.6 Å². The molecular formula is C15H20ClN5O2. The maximum Gasteiger partial charge on any atom is 0.322 e. The van der Waals surface area contributed by atoms with Crippen molar-refractivity contribution in [2.24, 2.45) is 0 Å². The Kier molecular flexibility index (Phi) is 5.95. The molecule has 2 rings (SSSR count). The van der Waals surface area contributed by atoms with Gasteiger partial charge in [-0.15, -0.1) is 0 Å². The molecule has 0 aliphatic heterocycles. The van der Waals surface area contributed by atoms with Gasteiger partial charge in [0.25, 0.3) is 0 Å². The lowest BCUT2D eigenvalue weighted by molar-refractivity contribution is 0.183. The number of amides is 2. The molecule has 0 bridgehead atoms. The predicted molar refractivity (Wildman–Crippen MR) is 88.4 cm³/mol. The number of urea groups is 1. The van der Waals surface area contributed by atoms with Gasteiger partial charge in [-0.25, -0.2) is 4.79 Å². The fraction of sp³-hybridized carbons (Fsp3) is 0.400. The van der Waals surface area contributed by atoms with Crippen LogP contribution in [0.4, 0.5) is 10.5 Å². The van der Waals surface area contributed by atoms with Crippen molar-refractivity contribution in [2.75, 3.05) is 18.5 Å². The smallest absolute Gasteiger partial charge is 0.322 e. The molecule has 0 aliphatic rings. The zero-order valence-corrected chi connectivity index (χ0v) is 13.9. The third kappa shape index (κ3) is 4.20. The summed E-state index contributed by atoms with van der Waals surface area (Å²) in [6.07, 6.45) is 4.77. The van der Waals surface area contributed by atoms with Crippen molar-refractivity contribution in [3.8, 4) is 0 Å². The van der Waals surface area contributed by atoms with E-state index in [1.165, 1.54) is 11.1 Å². The zero-order chi connectivity index (χ0) is 16.8. The molecule has 0 spiro atoms. The third-order valence-electron chi connectivity index (χ3n) is 3.51. The van der Waals surface area contributed by atoms with Crippen molar-refractivity contribution in [1.82, 2.24) is 19.7 Å². The number of carbonyl (C=O) groups excluding carboxylic acids is 1. The molecule has 2 amide bonds. The molecule has 0 radical (unpaired) electrons. The van der Waals surface area contributed by atoms with Gasteiger partial charge < -0.3 is 15.3 Å². The molecule has 0 unspecified atom stereocenters. The van der Waals surface area contributed by atoms with Crippen LogP contribution in [0.25, 0.3) is 0 Å². The monoisotopic (exact) mass is 337 g/mol. The Hall–Kier alpha value is -2.12. The molecule has 2 aromatic rings. The van der Waals surface area contributed by atoms with Crippen LogP contribution in [-0.4, -0.2) is 44.0 Å². The highest BCUT2D eigenvalue weighted by Gasteiger charge is 2.17. The number of aryl methyl sites for hydroxylation is 1. The van der Waals surface area contributed by atoms with Crippen molar-refractivity contribution >= 4 is 23.3 Å². The summed E-state index contributed by atoms with van der Waals surface area (Å²) in [6.45, 7) is 4.95. The van der Waals surface area contributed by atoms with Crippen LogP contribution in [0.5, 0.6) is 0 Å². The minimum absolute atomic E-state index is 0.125. The number of pyridine rings is 1. The third-order valence-corrected chi connectivity index (χ3v) is 3.89. The molecule has 0 saturated heterocycles. The molecule has 0 aliphatic carbocycles. The number of carbonyl (C=O) groups is 1. The first-order valence-corrected chi connectivity index (χ1v) is 7.72. The number of aliphatic hydroxyl groups excluding tert-OH is 1. The minimum atomic E-state index is -0.324. The molecule has 2 heterocycles. The summed E-state index contributed by atoms with van der Waals surface area (Å²) >= 11 is 6.01. The summed E-state index contributed by atoms with van der Waals surface area (Å²) in [7, 11) is 0. The average molecular weight is 338 g/mol. The van der Waals surface area contributed by atoms with Gasteiger partial charge in [-0.1, -0.05) is 11.6 Å². The van der Waals surface area contributed by atoms with Crippen LogP contribution in [-0.2, 0) is 13.1 Å². The van der Waals surface area contributed by atoms with Crippen molar-refractivity contribution in [1.29, 1.82) is 0 Å². The van der Waals surface area contributed by atoms with E-state index in [-0.39, 0.29) is 19.2 Å². The van der Waals surface area contributed by atoms with Crippen molar-refractivity contribution in [3.05, 3.63) is 40.9 Å². The first kappa shape index (κ1) is 17.2. The molecule has 8 heteroatoms. The van der Waals surface area contributed by atoms with Crippen LogP contribution in [0.15, 0.2) is 24.7 Å². The molecule has 0 fully saturated rings. The Bertz CT molecular complexity index is 674. The maximum atomic E-state index is 12.5. The summed E-state index contributed by atoms with van der Waals surface area (Å²) in [6, 6.07) is 1.53. The molecule has 0 atom stereocenters. The highest BCUT2D eigenvalue weighted by Crippen LogP contribution is 2.21. The van der Waals surface area contributed by atoms with Gasteiger partial charge >= 0.3 is 6.03 Å². The first-order valence-electron chi connectivity index (χ1n) is 7.34. The van der Waals surface area contributed by atoms with E-state index in [0.29, 0.717) is 23.8 Å². The van der Waals surface area contributed by atoms with Gasteiger partial charge in [-0.05, 0) is 25.5 Å². The lowest BCUT2D eigenvalue weighted by Gasteiger charge is -2.23. The molecule has 2 aromatic heterocycles. The van der Waals surface area contributed by atoms with Crippen LogP contribution in [0, 0.1) is 6.92 Å². The normalized spacial score (nSPS) is 10.6. The number of nitrogens with one attached hydrogen (secondary N) is 1. The van der Waals surface area contributed by atoms with E-state index in [4.69, 9.17) is 11.6 Å². The Morgan fingerprint density at radius 1 is 1.48 bits per heavy atom. The number of aromatic nitrogens is 3. The number of aliphatic hydroxyl groups is 1. The van der Waals surface area contributed by atoms with E-state index in [2.05, 4.69) is 15.4 Å². The second-order valence-electron chi connectivity index (χ2n) is 5.01. The highest BCUT2D eigenvalue weighted by molar-refractivity contribution is 6.31. The maximum absolute atomic E-state index is 12.5. The largest absolute Gasteiger partial charge is 0.395 e. The van der Waals surface area contributed by atoms with Gasteiger partial charge in [-0.3, -0.25) is 9.67 Å². The van der Waals surface area contributed by atoms with Crippen LogP contribution in [0.2, 0.25) is 5.02 Å². The average Bonchev–Trinajstić information content (AvgIpc) is 2.98. The van der Waals surface area contributed by atoms with E-state index in [0.717, 1.165) is 11.3 Å². The Balaban J connectivity index is 2.13. The zero-order valence-electron chi connectivity index (χ0n) is 13.2. The van der Waals surface area contributed by atoms with Gasteiger partial charge in [0.2, 0.25) is 0 Å². The summed E-state index contributed by atoms with van der Waals surface area (Å²) in [4.78, 5) is 18.0. The topological polar surface area (TPSA) is 83.3 Å². The molecule has 2 N–H and O–H groups in total. The van der Waals surface area contributed by atoms with Crippen LogP contribution < -0.4 is 5.32 Å². The highest BCUT2D eigenvalue weighted by atomic mass is 35.5. The minimum Gasteiger partial charge on any atom is -0.395 e. The van der Waals surface area contributed by atoms with Crippen molar-refractivity contribution < 1.29 is 9.90 Å². The van der Waals surface area contributed by atoms with Gasteiger partial charge in [0.1, 0.15) is 0 Å². The molecule has 23 heavy (non-hydrogen) atoms. The van der Waals surface area contributed by atoms with Gasteiger partial charge in [0.15, 0.2) is 0 Å². The summed E-state index contributed by atoms with van der Waals surface area (Å²) in [5.41, 5.74) is 2.20. The summed E-state index contributed by atoms with van der Waals surface area (Å²) < 4.78 is 1.81. The fourth-order valence-corrected chi connectivity index (χ4v) is 2.33. The van der Waals surface area contributed by atoms with Crippen LogP contribution in [0.3, 0.4) is 0 Å². The fourth-order valence-electron chi connectivity index (χ4n) is 2.17. The number of hydrogen-bond donors (Lipinski definition) is 2. The van der Waals surface area contributed by atoms with E-state index in [1.54, 1.807) is 12.4 Å². The Morgan fingerprint density at radius 2 is 2.26 bits per heavy atom. The number of hydrogen-bond acceptors (Lipinski definition) is 4. The van der Waals surface area contributed by atoms with E-state index < -0.39 is 0 Å². The lowest BCUT2D eigenvalue weighted by atomic mass is 10.2. The number of rotatable bonds is 6. The molecule has 124 valence electrons. The van der Waals surface area contributed by atoms with E-state index in [9.17, 15) is 9.90 Å². The summed E-state index contributed by atoms with van der Waals surface area (Å²) in [5, 5.41) is 16.7. The first-order chi connectivity index (χ1) is 11.1.